The normalized spacial score (nSPS) is 21.8. The van der Waals surface area contributed by atoms with Crippen LogP contribution >= 0.6 is 11.6 Å². The number of piperazine rings is 1. The van der Waals surface area contributed by atoms with Crippen molar-refractivity contribution in [2.45, 2.75) is 6.23 Å². The number of nitrogens with zero attached hydrogens (tertiary/aromatic N) is 4. The highest BCUT2D eigenvalue weighted by atomic mass is 35.5. The summed E-state index contributed by atoms with van der Waals surface area (Å²) in [5, 5.41) is 16.1. The third-order valence-corrected chi connectivity index (χ3v) is 4.34. The molecule has 0 unspecified atom stereocenters. The molecule has 0 spiro atoms. The van der Waals surface area contributed by atoms with E-state index < -0.39 is 23.9 Å². The molecular weight excluding hydrogens is 348 g/mol. The van der Waals surface area contributed by atoms with Crippen molar-refractivity contribution >= 4 is 40.8 Å². The molecule has 2 saturated heterocycles. The van der Waals surface area contributed by atoms with E-state index in [0.717, 1.165) is 4.90 Å². The van der Waals surface area contributed by atoms with Gasteiger partial charge in [0.25, 0.3) is 5.91 Å². The number of nitrogens with one attached hydrogen (secondary N) is 2. The highest BCUT2D eigenvalue weighted by molar-refractivity contribution is 6.72. The third-order valence-electron chi connectivity index (χ3n) is 4.12. The Morgan fingerprint density at radius 2 is 1.96 bits per heavy atom. The first-order chi connectivity index (χ1) is 11.9. The molecule has 132 valence electrons. The fraction of sp³-hybridized carbons (Fsp3) is 0.400. The van der Waals surface area contributed by atoms with Crippen LogP contribution in [0, 0.1) is 10.8 Å². The van der Waals surface area contributed by atoms with Crippen molar-refractivity contribution in [2.75, 3.05) is 38.1 Å². The Balaban J connectivity index is 1.80. The van der Waals surface area contributed by atoms with Gasteiger partial charge in [0, 0.05) is 32.4 Å². The Kier molecular flexibility index (Phi) is 4.69. The van der Waals surface area contributed by atoms with Crippen molar-refractivity contribution in [1.29, 1.82) is 10.8 Å². The summed E-state index contributed by atoms with van der Waals surface area (Å²) in [6, 6.07) is 3.00. The number of pyridine rings is 1. The number of carbonyl (C=O) groups is 2. The molecule has 0 radical (unpaired) electrons. The Morgan fingerprint density at radius 1 is 1.28 bits per heavy atom. The van der Waals surface area contributed by atoms with Gasteiger partial charge in [-0.05, 0) is 19.2 Å². The molecule has 1 aromatic rings. The van der Waals surface area contributed by atoms with E-state index in [2.05, 4.69) is 9.88 Å². The molecule has 0 bridgehead atoms. The van der Waals surface area contributed by atoms with Crippen LogP contribution in [0.25, 0.3) is 0 Å². The maximum absolute atomic E-state index is 12.4. The minimum atomic E-state index is -1.30. The molecule has 1 atom stereocenters. The van der Waals surface area contributed by atoms with Crippen molar-refractivity contribution in [1.82, 2.24) is 14.8 Å². The molecule has 0 saturated carbocycles. The topological polar surface area (TPSA) is 114 Å². The zero-order valence-corrected chi connectivity index (χ0v) is 14.3. The van der Waals surface area contributed by atoms with Crippen LogP contribution in [0.1, 0.15) is 0 Å². The molecule has 3 rings (SSSR count). The van der Waals surface area contributed by atoms with Crippen LogP contribution in [0.15, 0.2) is 18.3 Å². The lowest BCUT2D eigenvalue weighted by molar-refractivity contribution is -0.113. The number of hydrogen-bond donors (Lipinski definition) is 2. The highest BCUT2D eigenvalue weighted by Crippen LogP contribution is 2.24. The highest BCUT2D eigenvalue weighted by Gasteiger charge is 2.45. The van der Waals surface area contributed by atoms with Crippen LogP contribution in [0.3, 0.4) is 0 Å². The van der Waals surface area contributed by atoms with Gasteiger partial charge in [0.2, 0.25) is 6.23 Å². The Morgan fingerprint density at radius 3 is 2.56 bits per heavy atom. The summed E-state index contributed by atoms with van der Waals surface area (Å²) in [7, 11) is 1.96. The van der Waals surface area contributed by atoms with E-state index in [4.69, 9.17) is 27.2 Å². The van der Waals surface area contributed by atoms with Crippen LogP contribution < -0.4 is 4.90 Å². The molecule has 25 heavy (non-hydrogen) atoms. The fourth-order valence-corrected chi connectivity index (χ4v) is 2.71. The SMILES string of the molecule is CN1CCN(C(=O)O[C@H]2C(=N)C(=N)C(=O)N2c2ccc(Cl)cn2)CC1. The molecule has 1 aromatic heterocycles. The summed E-state index contributed by atoms with van der Waals surface area (Å²) in [5.74, 6) is -0.575. The van der Waals surface area contributed by atoms with Gasteiger partial charge in [0.05, 0.1) is 5.02 Å². The second-order valence-corrected chi connectivity index (χ2v) is 6.26. The van der Waals surface area contributed by atoms with Gasteiger partial charge in [-0.25, -0.2) is 14.7 Å². The first kappa shape index (κ1) is 17.3. The van der Waals surface area contributed by atoms with Crippen molar-refractivity contribution in [2.24, 2.45) is 0 Å². The molecule has 9 nitrogen and oxygen atoms in total. The van der Waals surface area contributed by atoms with Crippen molar-refractivity contribution in [3.05, 3.63) is 23.4 Å². The van der Waals surface area contributed by atoms with E-state index in [1.54, 1.807) is 0 Å². The molecule has 2 fully saturated rings. The smallest absolute Gasteiger partial charge is 0.412 e. The van der Waals surface area contributed by atoms with Crippen molar-refractivity contribution in [3.63, 3.8) is 0 Å². The molecule has 2 N–H and O–H groups in total. The average molecular weight is 365 g/mol. The van der Waals surface area contributed by atoms with Crippen LogP contribution in [-0.2, 0) is 9.53 Å². The van der Waals surface area contributed by atoms with E-state index >= 15 is 0 Å². The number of aromatic nitrogens is 1. The van der Waals surface area contributed by atoms with Crippen LogP contribution in [0.4, 0.5) is 10.6 Å². The minimum absolute atomic E-state index is 0.164. The van der Waals surface area contributed by atoms with E-state index in [-0.39, 0.29) is 11.5 Å². The lowest BCUT2D eigenvalue weighted by Gasteiger charge is -2.33. The lowest BCUT2D eigenvalue weighted by Crippen LogP contribution is -2.50. The van der Waals surface area contributed by atoms with Gasteiger partial charge in [0.1, 0.15) is 17.2 Å². The fourth-order valence-electron chi connectivity index (χ4n) is 2.60. The Hall–Kier alpha value is -2.52. The summed E-state index contributed by atoms with van der Waals surface area (Å²) in [6.07, 6.45) is -0.583. The van der Waals surface area contributed by atoms with E-state index in [0.29, 0.717) is 31.2 Å². The number of anilines is 1. The number of ether oxygens (including phenoxy) is 1. The van der Waals surface area contributed by atoms with Gasteiger partial charge in [0.15, 0.2) is 0 Å². The third kappa shape index (κ3) is 3.33. The number of amides is 2. The van der Waals surface area contributed by atoms with Crippen LogP contribution in [0.5, 0.6) is 0 Å². The quantitative estimate of drug-likeness (QED) is 0.806. The second kappa shape index (κ2) is 6.77. The van der Waals surface area contributed by atoms with Crippen molar-refractivity contribution < 1.29 is 14.3 Å². The lowest BCUT2D eigenvalue weighted by atomic mass is 10.3. The number of halogens is 1. The number of carbonyl (C=O) groups excluding carboxylic acids is 2. The minimum Gasteiger partial charge on any atom is -0.419 e. The van der Waals surface area contributed by atoms with Gasteiger partial charge in [-0.2, -0.15) is 0 Å². The number of hydrogen-bond acceptors (Lipinski definition) is 7. The first-order valence-corrected chi connectivity index (χ1v) is 8.03. The largest absolute Gasteiger partial charge is 0.419 e. The zero-order chi connectivity index (χ0) is 18.1. The van der Waals surface area contributed by atoms with Crippen molar-refractivity contribution in [3.8, 4) is 0 Å². The van der Waals surface area contributed by atoms with E-state index in [1.807, 2.05) is 7.05 Å². The van der Waals surface area contributed by atoms with Crippen LogP contribution in [0.2, 0.25) is 5.02 Å². The molecule has 2 aliphatic heterocycles. The number of rotatable bonds is 2. The molecule has 10 heteroatoms. The summed E-state index contributed by atoms with van der Waals surface area (Å²) < 4.78 is 5.37. The molecule has 2 aliphatic rings. The molecule has 0 aromatic carbocycles. The summed E-state index contributed by atoms with van der Waals surface area (Å²) in [4.78, 5) is 33.3. The predicted molar refractivity (Wildman–Crippen MR) is 91.5 cm³/mol. The monoisotopic (exact) mass is 364 g/mol. The van der Waals surface area contributed by atoms with Gasteiger partial charge in [-0.3, -0.25) is 15.6 Å². The zero-order valence-electron chi connectivity index (χ0n) is 13.5. The first-order valence-electron chi connectivity index (χ1n) is 7.65. The summed E-state index contributed by atoms with van der Waals surface area (Å²) in [5.41, 5.74) is -0.892. The summed E-state index contributed by atoms with van der Waals surface area (Å²) in [6.45, 7) is 2.43. The maximum atomic E-state index is 12.4. The Bertz CT molecular complexity index is 729. The van der Waals surface area contributed by atoms with Gasteiger partial charge in [-0.15, -0.1) is 0 Å². The van der Waals surface area contributed by atoms with Gasteiger partial charge < -0.3 is 14.5 Å². The van der Waals surface area contributed by atoms with E-state index in [1.165, 1.54) is 23.2 Å². The van der Waals surface area contributed by atoms with Crippen LogP contribution in [-0.4, -0.2) is 77.7 Å². The van der Waals surface area contributed by atoms with Gasteiger partial charge in [-0.1, -0.05) is 11.6 Å². The molecule has 3 heterocycles. The number of likely N-dealkylation sites (N-methyl/N-ethyl adjacent to an activating group) is 1. The molecule has 2 amide bonds. The maximum Gasteiger partial charge on any atom is 0.412 e. The summed E-state index contributed by atoms with van der Waals surface area (Å²) >= 11 is 5.80. The second-order valence-electron chi connectivity index (χ2n) is 5.82. The van der Waals surface area contributed by atoms with E-state index in [9.17, 15) is 9.59 Å². The van der Waals surface area contributed by atoms with Gasteiger partial charge >= 0.3 is 6.09 Å². The standard InChI is InChI=1S/C15H17ClN6O3/c1-20-4-6-21(7-5-20)15(24)25-14-12(18)11(17)13(23)22(14)10-3-2-9(16)8-19-10/h2-3,8,14,17-18H,4-7H2,1H3/t14-/m0/s1. The average Bonchev–Trinajstić information content (AvgIpc) is 2.80. The predicted octanol–water partition coefficient (Wildman–Crippen LogP) is 0.831. The Labute approximate surface area is 149 Å². The molecule has 0 aliphatic carbocycles. The molecular formula is C15H17ClN6O3.